The molecule has 7 heteroatoms. The number of hydrogen-bond acceptors (Lipinski definition) is 2. The van der Waals surface area contributed by atoms with Crippen molar-refractivity contribution in [3.8, 4) is 0 Å². The van der Waals surface area contributed by atoms with E-state index in [-0.39, 0.29) is 0 Å². The maximum Gasteiger partial charge on any atom is 0.466 e. The lowest BCUT2D eigenvalue weighted by Gasteiger charge is -1.98. The zero-order chi connectivity index (χ0) is 18.0. The number of rotatable bonds is 13. The van der Waals surface area contributed by atoms with Gasteiger partial charge in [0.15, 0.2) is 0 Å². The fourth-order valence-corrected chi connectivity index (χ4v) is 1.99. The Kier molecular flexibility index (Phi) is 18.9. The molecule has 0 aromatic heterocycles. The molecule has 0 aliphatic carbocycles. The van der Waals surface area contributed by atoms with Gasteiger partial charge in [-0.25, -0.2) is 4.57 Å². The van der Waals surface area contributed by atoms with Gasteiger partial charge in [0, 0.05) is 6.42 Å². The highest BCUT2D eigenvalue weighted by Crippen LogP contribution is 2.25. The fourth-order valence-electron chi connectivity index (χ4n) is 1.99. The Morgan fingerprint density at radius 2 is 1.22 bits per heavy atom. The number of unbranched alkanes of at least 4 members (excludes halogenated alkanes) is 9. The SMILES string of the molecule is CCCCCC/C=C\CCCCCCCC(=O)O.O=P(O)(O)O. The molecule has 0 aliphatic heterocycles. The molecule has 0 heterocycles. The molecule has 138 valence electrons. The Bertz CT molecular complexity index is 329. The Morgan fingerprint density at radius 3 is 1.65 bits per heavy atom. The average molecular weight is 352 g/mol. The molecule has 0 aliphatic rings. The van der Waals surface area contributed by atoms with Crippen molar-refractivity contribution in [3.63, 3.8) is 0 Å². The van der Waals surface area contributed by atoms with Crippen LogP contribution in [0, 0.1) is 0 Å². The summed E-state index contributed by atoms with van der Waals surface area (Å²) in [6, 6.07) is 0. The quantitative estimate of drug-likeness (QED) is 0.222. The van der Waals surface area contributed by atoms with E-state index in [1.807, 2.05) is 0 Å². The van der Waals surface area contributed by atoms with Crippen LogP contribution in [-0.2, 0) is 9.36 Å². The number of phosphoric acid groups is 1. The molecule has 23 heavy (non-hydrogen) atoms. The molecular weight excluding hydrogens is 319 g/mol. The third-order valence-electron chi connectivity index (χ3n) is 3.15. The number of hydrogen-bond donors (Lipinski definition) is 4. The molecule has 0 rings (SSSR count). The average Bonchev–Trinajstić information content (AvgIpc) is 2.42. The molecule has 0 saturated heterocycles. The first-order valence-electron chi connectivity index (χ1n) is 8.42. The van der Waals surface area contributed by atoms with Crippen LogP contribution in [0.2, 0.25) is 0 Å². The van der Waals surface area contributed by atoms with Crippen molar-refractivity contribution < 1.29 is 29.1 Å². The lowest BCUT2D eigenvalue weighted by molar-refractivity contribution is -0.137. The second kappa shape index (κ2) is 17.7. The fraction of sp³-hybridized carbons (Fsp3) is 0.812. The largest absolute Gasteiger partial charge is 0.481 e. The van der Waals surface area contributed by atoms with Gasteiger partial charge in [0.1, 0.15) is 0 Å². The Morgan fingerprint density at radius 1 is 0.826 bits per heavy atom. The van der Waals surface area contributed by atoms with Crippen LogP contribution >= 0.6 is 7.82 Å². The summed E-state index contributed by atoms with van der Waals surface area (Å²) in [5.41, 5.74) is 0. The predicted molar refractivity (Wildman–Crippen MR) is 92.1 cm³/mol. The van der Waals surface area contributed by atoms with Crippen LogP contribution in [0.4, 0.5) is 0 Å². The van der Waals surface area contributed by atoms with Gasteiger partial charge in [0.05, 0.1) is 0 Å². The first kappa shape index (κ1) is 24.6. The van der Waals surface area contributed by atoms with Gasteiger partial charge in [0.2, 0.25) is 0 Å². The highest BCUT2D eigenvalue weighted by atomic mass is 31.2. The van der Waals surface area contributed by atoms with Crippen molar-refractivity contribution in [3.05, 3.63) is 12.2 Å². The van der Waals surface area contributed by atoms with Gasteiger partial charge in [-0.1, -0.05) is 57.6 Å². The van der Waals surface area contributed by atoms with Crippen LogP contribution in [0.15, 0.2) is 12.2 Å². The smallest absolute Gasteiger partial charge is 0.466 e. The second-order valence-corrected chi connectivity index (χ2v) is 6.56. The minimum Gasteiger partial charge on any atom is -0.481 e. The molecule has 0 spiro atoms. The zero-order valence-electron chi connectivity index (χ0n) is 14.2. The van der Waals surface area contributed by atoms with Gasteiger partial charge < -0.3 is 19.8 Å². The molecule has 0 bridgehead atoms. The summed E-state index contributed by atoms with van der Waals surface area (Å²) in [4.78, 5) is 31.9. The standard InChI is InChI=1S/C16H30O2.H3O4P/c1-2-3-4-5-6-7-8-9-10-11-12-13-14-15-16(17)18;1-5(2,3)4/h7-8H,2-6,9-15H2,1H3,(H,17,18);(H3,1,2,3,4)/b8-7-;. The molecule has 0 aromatic rings. The topological polar surface area (TPSA) is 115 Å². The van der Waals surface area contributed by atoms with E-state index in [0.29, 0.717) is 6.42 Å². The minimum atomic E-state index is -4.64. The number of carboxylic acid groups (broad SMARTS) is 1. The van der Waals surface area contributed by atoms with Crippen molar-refractivity contribution in [2.45, 2.75) is 84.0 Å². The van der Waals surface area contributed by atoms with Crippen LogP contribution in [0.25, 0.3) is 0 Å². The lowest BCUT2D eigenvalue weighted by Crippen LogP contribution is -1.93. The third kappa shape index (κ3) is 38.8. The molecule has 0 aromatic carbocycles. The Balaban J connectivity index is 0. The van der Waals surface area contributed by atoms with Crippen molar-refractivity contribution in [2.24, 2.45) is 0 Å². The van der Waals surface area contributed by atoms with Gasteiger partial charge in [-0.2, -0.15) is 0 Å². The van der Waals surface area contributed by atoms with E-state index in [4.69, 9.17) is 24.4 Å². The van der Waals surface area contributed by atoms with Crippen LogP contribution < -0.4 is 0 Å². The molecule has 0 saturated carbocycles. The van der Waals surface area contributed by atoms with E-state index in [2.05, 4.69) is 19.1 Å². The van der Waals surface area contributed by atoms with Crippen molar-refractivity contribution in [1.82, 2.24) is 0 Å². The maximum absolute atomic E-state index is 10.3. The van der Waals surface area contributed by atoms with E-state index < -0.39 is 13.8 Å². The molecule has 4 N–H and O–H groups in total. The first-order chi connectivity index (χ1) is 10.8. The molecular formula is C16H33O6P. The first-order valence-corrected chi connectivity index (χ1v) is 9.99. The summed E-state index contributed by atoms with van der Waals surface area (Å²) >= 11 is 0. The predicted octanol–water partition coefficient (Wildman–Crippen LogP) is 4.40. The van der Waals surface area contributed by atoms with E-state index in [1.165, 1.54) is 57.8 Å². The summed E-state index contributed by atoms with van der Waals surface area (Å²) in [7, 11) is -4.64. The van der Waals surface area contributed by atoms with E-state index in [9.17, 15) is 4.79 Å². The molecule has 6 nitrogen and oxygen atoms in total. The van der Waals surface area contributed by atoms with Gasteiger partial charge in [-0.15, -0.1) is 0 Å². The van der Waals surface area contributed by atoms with Crippen molar-refractivity contribution in [2.75, 3.05) is 0 Å². The van der Waals surface area contributed by atoms with Crippen LogP contribution in [0.1, 0.15) is 84.0 Å². The third-order valence-corrected chi connectivity index (χ3v) is 3.15. The highest BCUT2D eigenvalue weighted by Gasteiger charge is 2.00. The second-order valence-electron chi connectivity index (χ2n) is 5.53. The summed E-state index contributed by atoms with van der Waals surface area (Å²) < 4.78 is 8.88. The Hall–Kier alpha value is -0.680. The monoisotopic (exact) mass is 352 g/mol. The van der Waals surface area contributed by atoms with E-state index in [1.54, 1.807) is 0 Å². The van der Waals surface area contributed by atoms with Crippen LogP contribution in [0.5, 0.6) is 0 Å². The zero-order valence-corrected chi connectivity index (χ0v) is 15.1. The molecule has 0 atom stereocenters. The van der Waals surface area contributed by atoms with Crippen molar-refractivity contribution >= 4 is 13.8 Å². The number of carbonyl (C=O) groups is 1. The minimum absolute atomic E-state index is 0.331. The maximum atomic E-state index is 10.3. The molecule has 0 radical (unpaired) electrons. The molecule has 0 fully saturated rings. The Labute approximate surface area is 139 Å². The van der Waals surface area contributed by atoms with Gasteiger partial charge in [-0.05, 0) is 32.1 Å². The van der Waals surface area contributed by atoms with Gasteiger partial charge in [0.25, 0.3) is 0 Å². The lowest BCUT2D eigenvalue weighted by atomic mass is 10.1. The summed E-state index contributed by atoms with van der Waals surface area (Å²) in [6.45, 7) is 2.24. The van der Waals surface area contributed by atoms with Crippen LogP contribution in [-0.4, -0.2) is 25.8 Å². The number of allylic oxidation sites excluding steroid dienone is 2. The van der Waals surface area contributed by atoms with Gasteiger partial charge in [-0.3, -0.25) is 4.79 Å². The van der Waals surface area contributed by atoms with Crippen LogP contribution in [0.3, 0.4) is 0 Å². The van der Waals surface area contributed by atoms with E-state index in [0.717, 1.165) is 12.8 Å². The number of carboxylic acids is 1. The van der Waals surface area contributed by atoms with E-state index >= 15 is 0 Å². The summed E-state index contributed by atoms with van der Waals surface area (Å²) in [6.07, 6.45) is 18.3. The van der Waals surface area contributed by atoms with Gasteiger partial charge >= 0.3 is 13.8 Å². The molecule has 0 amide bonds. The van der Waals surface area contributed by atoms with Crippen molar-refractivity contribution in [1.29, 1.82) is 0 Å². The summed E-state index contributed by atoms with van der Waals surface area (Å²) in [5, 5.41) is 8.48. The summed E-state index contributed by atoms with van der Waals surface area (Å²) in [5.74, 6) is -0.666. The molecule has 0 unspecified atom stereocenters. The normalized spacial score (nSPS) is 11.3. The number of aliphatic carboxylic acids is 1. The highest BCUT2D eigenvalue weighted by molar-refractivity contribution is 7.45.